The summed E-state index contributed by atoms with van der Waals surface area (Å²) in [5.41, 5.74) is 0.627. The average Bonchev–Trinajstić information content (AvgIpc) is 3.02. The van der Waals surface area contributed by atoms with Crippen LogP contribution in [0.5, 0.6) is 0 Å². The number of carboxylic acid groups (broad SMARTS) is 1. The molecule has 2 atom stereocenters. The summed E-state index contributed by atoms with van der Waals surface area (Å²) in [5.74, 6) is -1.83. The Hall–Kier alpha value is -2.63. The van der Waals surface area contributed by atoms with E-state index in [0.717, 1.165) is 0 Å². The first kappa shape index (κ1) is 16.7. The number of nitrogens with one attached hydrogen (secondary N) is 1. The molecule has 0 saturated carbocycles. The molecule has 1 aromatic heterocycles. The number of aliphatic carboxylic acids is 1. The fraction of sp³-hybridized carbons (Fsp3) is 0.294. The van der Waals surface area contributed by atoms with Crippen molar-refractivity contribution in [3.63, 3.8) is 0 Å². The van der Waals surface area contributed by atoms with Gasteiger partial charge in [-0.2, -0.15) is 0 Å². The van der Waals surface area contributed by atoms with Gasteiger partial charge in [-0.1, -0.05) is 20.3 Å². The van der Waals surface area contributed by atoms with E-state index < -0.39 is 17.9 Å². The highest BCUT2D eigenvalue weighted by atomic mass is 19.1. The van der Waals surface area contributed by atoms with Gasteiger partial charge >= 0.3 is 5.97 Å². The van der Waals surface area contributed by atoms with Crippen molar-refractivity contribution < 1.29 is 23.5 Å². The lowest BCUT2D eigenvalue weighted by Gasteiger charge is -2.19. The number of halogens is 1. The van der Waals surface area contributed by atoms with Crippen LogP contribution in [0, 0.1) is 11.7 Å². The zero-order valence-corrected chi connectivity index (χ0v) is 12.9. The molecule has 0 spiro atoms. The van der Waals surface area contributed by atoms with E-state index >= 15 is 0 Å². The summed E-state index contributed by atoms with van der Waals surface area (Å²) in [6.45, 7) is 3.61. The number of benzene rings is 1. The Kier molecular flexibility index (Phi) is 5.16. The van der Waals surface area contributed by atoms with Crippen LogP contribution < -0.4 is 5.32 Å². The highest BCUT2D eigenvalue weighted by molar-refractivity contribution is 5.94. The maximum atomic E-state index is 12.9. The minimum absolute atomic E-state index is 0.0129. The van der Waals surface area contributed by atoms with Gasteiger partial charge in [0.1, 0.15) is 17.6 Å². The molecule has 1 heterocycles. The summed E-state index contributed by atoms with van der Waals surface area (Å²) in [7, 11) is 0. The molecule has 0 aliphatic carbocycles. The van der Waals surface area contributed by atoms with Gasteiger partial charge in [0.05, 0.1) is 0 Å². The third-order valence-corrected chi connectivity index (χ3v) is 3.72. The SMILES string of the molecule is CC[C@H](C)[C@H](NC(=O)c1ccc(-c2ccc(F)cc2)o1)C(=O)O. The number of carboxylic acids is 1. The predicted molar refractivity (Wildman–Crippen MR) is 82.4 cm³/mol. The van der Waals surface area contributed by atoms with Crippen molar-refractivity contribution >= 4 is 11.9 Å². The van der Waals surface area contributed by atoms with Crippen LogP contribution in [0.15, 0.2) is 40.8 Å². The Labute approximate surface area is 133 Å². The van der Waals surface area contributed by atoms with Crippen LogP contribution in [0.3, 0.4) is 0 Å². The van der Waals surface area contributed by atoms with Gasteiger partial charge in [0.2, 0.25) is 0 Å². The first-order valence-corrected chi connectivity index (χ1v) is 7.31. The zero-order chi connectivity index (χ0) is 17.0. The summed E-state index contributed by atoms with van der Waals surface area (Å²) in [5, 5.41) is 11.7. The number of carbonyl (C=O) groups is 2. The lowest BCUT2D eigenvalue weighted by atomic mass is 9.99. The normalized spacial score (nSPS) is 13.3. The number of amides is 1. The number of hydrogen-bond acceptors (Lipinski definition) is 3. The van der Waals surface area contributed by atoms with Gasteiger partial charge in [0.15, 0.2) is 5.76 Å². The Morgan fingerprint density at radius 1 is 1.22 bits per heavy atom. The monoisotopic (exact) mass is 319 g/mol. The maximum Gasteiger partial charge on any atom is 0.326 e. The Morgan fingerprint density at radius 3 is 2.43 bits per heavy atom. The third-order valence-electron chi connectivity index (χ3n) is 3.72. The molecule has 5 nitrogen and oxygen atoms in total. The smallest absolute Gasteiger partial charge is 0.326 e. The first-order chi connectivity index (χ1) is 10.9. The van der Waals surface area contributed by atoms with Gasteiger partial charge in [-0.05, 0) is 42.3 Å². The van der Waals surface area contributed by atoms with Crippen molar-refractivity contribution in [2.24, 2.45) is 5.92 Å². The predicted octanol–water partition coefficient (Wildman–Crippen LogP) is 3.31. The molecule has 0 aliphatic heterocycles. The first-order valence-electron chi connectivity index (χ1n) is 7.31. The van der Waals surface area contributed by atoms with E-state index in [-0.39, 0.29) is 17.5 Å². The summed E-state index contributed by atoms with van der Waals surface area (Å²) in [4.78, 5) is 23.4. The van der Waals surface area contributed by atoms with E-state index in [9.17, 15) is 19.1 Å². The zero-order valence-electron chi connectivity index (χ0n) is 12.9. The van der Waals surface area contributed by atoms with Crippen molar-refractivity contribution in [3.8, 4) is 11.3 Å². The van der Waals surface area contributed by atoms with Crippen LogP contribution in [0.2, 0.25) is 0 Å². The van der Waals surface area contributed by atoms with Gasteiger partial charge in [-0.25, -0.2) is 9.18 Å². The second-order valence-electron chi connectivity index (χ2n) is 5.35. The molecule has 2 N–H and O–H groups in total. The topological polar surface area (TPSA) is 79.5 Å². The Morgan fingerprint density at radius 2 is 1.87 bits per heavy atom. The van der Waals surface area contributed by atoms with Crippen molar-refractivity contribution in [1.29, 1.82) is 0 Å². The molecule has 6 heteroatoms. The van der Waals surface area contributed by atoms with E-state index in [0.29, 0.717) is 17.7 Å². The lowest BCUT2D eigenvalue weighted by molar-refractivity contribution is -0.140. The van der Waals surface area contributed by atoms with Crippen molar-refractivity contribution in [3.05, 3.63) is 48.0 Å². The number of hydrogen-bond donors (Lipinski definition) is 2. The third kappa shape index (κ3) is 3.97. The van der Waals surface area contributed by atoms with E-state index in [1.54, 1.807) is 13.0 Å². The van der Waals surface area contributed by atoms with E-state index in [4.69, 9.17) is 4.42 Å². The molecule has 23 heavy (non-hydrogen) atoms. The highest BCUT2D eigenvalue weighted by Gasteiger charge is 2.26. The van der Waals surface area contributed by atoms with Crippen LogP contribution in [-0.4, -0.2) is 23.0 Å². The molecule has 1 aromatic carbocycles. The van der Waals surface area contributed by atoms with Crippen molar-refractivity contribution in [1.82, 2.24) is 5.32 Å². The van der Waals surface area contributed by atoms with Gasteiger partial charge in [-0.3, -0.25) is 4.79 Å². The second-order valence-corrected chi connectivity index (χ2v) is 5.35. The Balaban J connectivity index is 2.14. The summed E-state index contributed by atoms with van der Waals surface area (Å²) < 4.78 is 18.4. The van der Waals surface area contributed by atoms with E-state index in [2.05, 4.69) is 5.32 Å². The molecular weight excluding hydrogens is 301 g/mol. The van der Waals surface area contributed by atoms with Crippen molar-refractivity contribution in [2.75, 3.05) is 0 Å². The molecular formula is C17H18FNO4. The molecule has 0 aliphatic rings. The molecule has 1 amide bonds. The highest BCUT2D eigenvalue weighted by Crippen LogP contribution is 2.22. The molecule has 0 bridgehead atoms. The Bertz CT molecular complexity index is 693. The molecule has 122 valence electrons. The standard InChI is InChI=1S/C17H18FNO4/c1-3-10(2)15(17(21)22)19-16(20)14-9-8-13(23-14)11-4-6-12(18)7-5-11/h4-10,15H,3H2,1-2H3,(H,19,20)(H,21,22)/t10-,15-/m0/s1. The van der Waals surface area contributed by atoms with Gasteiger partial charge < -0.3 is 14.8 Å². The number of furan rings is 1. The van der Waals surface area contributed by atoms with Gasteiger partial charge in [0.25, 0.3) is 5.91 Å². The quantitative estimate of drug-likeness (QED) is 0.856. The van der Waals surface area contributed by atoms with Crippen LogP contribution in [0.1, 0.15) is 30.8 Å². The van der Waals surface area contributed by atoms with Crippen molar-refractivity contribution in [2.45, 2.75) is 26.3 Å². The average molecular weight is 319 g/mol. The lowest BCUT2D eigenvalue weighted by Crippen LogP contribution is -2.44. The molecule has 0 saturated heterocycles. The van der Waals surface area contributed by atoms with E-state index in [1.807, 2.05) is 6.92 Å². The number of carbonyl (C=O) groups excluding carboxylic acids is 1. The van der Waals surface area contributed by atoms with Crippen LogP contribution >= 0.6 is 0 Å². The molecule has 2 aromatic rings. The van der Waals surface area contributed by atoms with E-state index in [1.165, 1.54) is 30.3 Å². The fourth-order valence-electron chi connectivity index (χ4n) is 2.12. The number of rotatable bonds is 6. The minimum Gasteiger partial charge on any atom is -0.480 e. The fourth-order valence-corrected chi connectivity index (χ4v) is 2.12. The summed E-state index contributed by atoms with van der Waals surface area (Å²) >= 11 is 0. The molecule has 0 fully saturated rings. The van der Waals surface area contributed by atoms with Gasteiger partial charge in [-0.15, -0.1) is 0 Å². The summed E-state index contributed by atoms with van der Waals surface area (Å²) in [6, 6.07) is 7.73. The molecule has 2 rings (SSSR count). The van der Waals surface area contributed by atoms with Crippen LogP contribution in [-0.2, 0) is 4.79 Å². The maximum absolute atomic E-state index is 12.9. The minimum atomic E-state index is -1.09. The van der Waals surface area contributed by atoms with Crippen LogP contribution in [0.25, 0.3) is 11.3 Å². The van der Waals surface area contributed by atoms with Gasteiger partial charge in [0, 0.05) is 5.56 Å². The largest absolute Gasteiger partial charge is 0.480 e. The molecule has 0 radical (unpaired) electrons. The molecule has 0 unspecified atom stereocenters. The summed E-state index contributed by atoms with van der Waals surface area (Å²) in [6.07, 6.45) is 0.621. The second kappa shape index (κ2) is 7.09. The van der Waals surface area contributed by atoms with Crippen LogP contribution in [0.4, 0.5) is 4.39 Å².